The molecule has 1 aliphatic rings. The van der Waals surface area contributed by atoms with Crippen LogP contribution in [0.25, 0.3) is 0 Å². The van der Waals surface area contributed by atoms with Crippen LogP contribution in [0.3, 0.4) is 0 Å². The highest BCUT2D eigenvalue weighted by atomic mass is 79.9. The third kappa shape index (κ3) is 3.52. The average molecular weight is 341 g/mol. The Morgan fingerprint density at radius 2 is 2.15 bits per heavy atom. The molecule has 5 heteroatoms. The SMILES string of the molecule is Cc1c(N)cc(Br)cc1C(=O)NCC1CCCCC1O. The Morgan fingerprint density at radius 3 is 2.85 bits per heavy atom. The van der Waals surface area contributed by atoms with Gasteiger partial charge in [0.25, 0.3) is 5.91 Å². The molecule has 1 amide bonds. The van der Waals surface area contributed by atoms with E-state index in [2.05, 4.69) is 21.2 Å². The molecule has 1 fully saturated rings. The molecule has 110 valence electrons. The van der Waals surface area contributed by atoms with Gasteiger partial charge in [-0.25, -0.2) is 0 Å². The van der Waals surface area contributed by atoms with Crippen LogP contribution in [0, 0.1) is 12.8 Å². The number of hydrogen-bond acceptors (Lipinski definition) is 3. The quantitative estimate of drug-likeness (QED) is 0.740. The number of carbonyl (C=O) groups excluding carboxylic acids is 1. The summed E-state index contributed by atoms with van der Waals surface area (Å²) in [6.45, 7) is 2.36. The van der Waals surface area contributed by atoms with Crippen LogP contribution in [0.2, 0.25) is 0 Å². The van der Waals surface area contributed by atoms with Crippen molar-refractivity contribution >= 4 is 27.5 Å². The maximum absolute atomic E-state index is 12.3. The van der Waals surface area contributed by atoms with E-state index in [4.69, 9.17) is 5.73 Å². The van der Waals surface area contributed by atoms with Crippen molar-refractivity contribution in [3.63, 3.8) is 0 Å². The molecule has 0 radical (unpaired) electrons. The number of carbonyl (C=O) groups is 1. The molecule has 0 aliphatic heterocycles. The number of aliphatic hydroxyl groups excluding tert-OH is 1. The molecule has 0 bridgehead atoms. The van der Waals surface area contributed by atoms with Gasteiger partial charge in [-0.1, -0.05) is 28.8 Å². The van der Waals surface area contributed by atoms with Crippen molar-refractivity contribution in [3.05, 3.63) is 27.7 Å². The topological polar surface area (TPSA) is 75.4 Å². The summed E-state index contributed by atoms with van der Waals surface area (Å²) >= 11 is 3.35. The number of aliphatic hydroxyl groups is 1. The summed E-state index contributed by atoms with van der Waals surface area (Å²) in [6.07, 6.45) is 3.72. The minimum atomic E-state index is -0.294. The largest absolute Gasteiger partial charge is 0.398 e. The summed E-state index contributed by atoms with van der Waals surface area (Å²) in [7, 11) is 0. The van der Waals surface area contributed by atoms with Gasteiger partial charge in [0.05, 0.1) is 6.10 Å². The van der Waals surface area contributed by atoms with Crippen molar-refractivity contribution in [2.45, 2.75) is 38.7 Å². The van der Waals surface area contributed by atoms with Gasteiger partial charge in [-0.2, -0.15) is 0 Å². The Hall–Kier alpha value is -1.07. The van der Waals surface area contributed by atoms with Gasteiger partial charge in [-0.05, 0) is 37.5 Å². The van der Waals surface area contributed by atoms with E-state index in [1.807, 2.05) is 6.92 Å². The molecule has 4 nitrogen and oxygen atoms in total. The molecule has 1 aliphatic carbocycles. The van der Waals surface area contributed by atoms with Crippen molar-refractivity contribution in [2.24, 2.45) is 5.92 Å². The zero-order valence-corrected chi connectivity index (χ0v) is 13.2. The van der Waals surface area contributed by atoms with Gasteiger partial charge >= 0.3 is 0 Å². The van der Waals surface area contributed by atoms with Crippen molar-refractivity contribution in [3.8, 4) is 0 Å². The Morgan fingerprint density at radius 1 is 1.45 bits per heavy atom. The van der Waals surface area contributed by atoms with Crippen LogP contribution >= 0.6 is 15.9 Å². The van der Waals surface area contributed by atoms with Crippen LogP contribution in [0.15, 0.2) is 16.6 Å². The van der Waals surface area contributed by atoms with Crippen LogP contribution in [0.4, 0.5) is 5.69 Å². The minimum absolute atomic E-state index is 0.131. The van der Waals surface area contributed by atoms with Gasteiger partial charge in [0.1, 0.15) is 0 Å². The van der Waals surface area contributed by atoms with Gasteiger partial charge < -0.3 is 16.2 Å². The second-order valence-electron chi connectivity index (χ2n) is 5.49. The van der Waals surface area contributed by atoms with Crippen LogP contribution in [-0.4, -0.2) is 23.7 Å². The van der Waals surface area contributed by atoms with Crippen LogP contribution in [0.1, 0.15) is 41.6 Å². The van der Waals surface area contributed by atoms with E-state index in [0.717, 1.165) is 35.7 Å². The van der Waals surface area contributed by atoms with E-state index < -0.39 is 0 Å². The number of anilines is 1. The van der Waals surface area contributed by atoms with Gasteiger partial charge in [0.15, 0.2) is 0 Å². The smallest absolute Gasteiger partial charge is 0.251 e. The highest BCUT2D eigenvalue weighted by Gasteiger charge is 2.23. The molecule has 2 atom stereocenters. The molecule has 2 rings (SSSR count). The fourth-order valence-electron chi connectivity index (χ4n) is 2.68. The average Bonchev–Trinajstić information content (AvgIpc) is 2.41. The van der Waals surface area contributed by atoms with E-state index in [1.54, 1.807) is 12.1 Å². The second kappa shape index (κ2) is 6.59. The molecule has 0 saturated heterocycles. The summed E-state index contributed by atoms with van der Waals surface area (Å²) in [5, 5.41) is 12.8. The Balaban J connectivity index is 2.01. The number of amides is 1. The van der Waals surface area contributed by atoms with Crippen LogP contribution < -0.4 is 11.1 Å². The van der Waals surface area contributed by atoms with E-state index in [-0.39, 0.29) is 17.9 Å². The first-order valence-corrected chi connectivity index (χ1v) is 7.80. The monoisotopic (exact) mass is 340 g/mol. The first-order valence-electron chi connectivity index (χ1n) is 7.01. The summed E-state index contributed by atoms with van der Waals surface area (Å²) in [4.78, 5) is 12.3. The maximum atomic E-state index is 12.3. The number of nitrogens with two attached hydrogens (primary N) is 1. The zero-order chi connectivity index (χ0) is 14.7. The summed E-state index contributed by atoms with van der Waals surface area (Å²) < 4.78 is 0.795. The highest BCUT2D eigenvalue weighted by Crippen LogP contribution is 2.25. The number of rotatable bonds is 3. The number of hydrogen-bond donors (Lipinski definition) is 3. The highest BCUT2D eigenvalue weighted by molar-refractivity contribution is 9.10. The van der Waals surface area contributed by atoms with Gasteiger partial charge in [0.2, 0.25) is 0 Å². The third-order valence-electron chi connectivity index (χ3n) is 4.05. The fourth-order valence-corrected chi connectivity index (χ4v) is 3.16. The number of nitrogen functional groups attached to an aromatic ring is 1. The predicted molar refractivity (Wildman–Crippen MR) is 83.6 cm³/mol. The molecular weight excluding hydrogens is 320 g/mol. The molecular formula is C15H21BrN2O2. The second-order valence-corrected chi connectivity index (χ2v) is 6.41. The number of nitrogens with one attached hydrogen (secondary N) is 1. The molecule has 0 heterocycles. The molecule has 4 N–H and O–H groups in total. The predicted octanol–water partition coefficient (Wildman–Crippen LogP) is 2.62. The zero-order valence-electron chi connectivity index (χ0n) is 11.7. The lowest BCUT2D eigenvalue weighted by Crippen LogP contribution is -2.36. The van der Waals surface area contributed by atoms with Crippen LogP contribution in [0.5, 0.6) is 0 Å². The van der Waals surface area contributed by atoms with E-state index >= 15 is 0 Å². The van der Waals surface area contributed by atoms with E-state index in [9.17, 15) is 9.90 Å². The lowest BCUT2D eigenvalue weighted by Gasteiger charge is -2.27. The van der Waals surface area contributed by atoms with Gasteiger partial charge in [-0.3, -0.25) is 4.79 Å². The Labute approximate surface area is 127 Å². The Bertz CT molecular complexity index is 505. The summed E-state index contributed by atoms with van der Waals surface area (Å²) in [6, 6.07) is 3.56. The normalized spacial score (nSPS) is 22.6. The molecule has 1 aromatic rings. The van der Waals surface area contributed by atoms with Crippen molar-refractivity contribution in [1.82, 2.24) is 5.32 Å². The summed E-state index contributed by atoms with van der Waals surface area (Å²) in [5.41, 5.74) is 7.84. The minimum Gasteiger partial charge on any atom is -0.398 e. The lowest BCUT2D eigenvalue weighted by molar-refractivity contribution is 0.0663. The standard InChI is InChI=1S/C15H21BrN2O2/c1-9-12(6-11(16)7-13(9)17)15(20)18-8-10-4-2-3-5-14(10)19/h6-7,10,14,19H,2-5,8,17H2,1H3,(H,18,20). The molecule has 1 aromatic carbocycles. The van der Waals surface area contributed by atoms with Gasteiger partial charge in [-0.15, -0.1) is 0 Å². The molecule has 0 aromatic heterocycles. The summed E-state index contributed by atoms with van der Waals surface area (Å²) in [5.74, 6) is 0.0331. The van der Waals surface area contributed by atoms with Crippen molar-refractivity contribution in [1.29, 1.82) is 0 Å². The Kier molecular flexibility index (Phi) is 5.05. The molecule has 1 saturated carbocycles. The van der Waals surface area contributed by atoms with Gasteiger partial charge in [0, 0.05) is 28.2 Å². The third-order valence-corrected chi connectivity index (χ3v) is 4.51. The van der Waals surface area contributed by atoms with Crippen molar-refractivity contribution < 1.29 is 9.90 Å². The fraction of sp³-hybridized carbons (Fsp3) is 0.533. The lowest BCUT2D eigenvalue weighted by atomic mass is 9.86. The van der Waals surface area contributed by atoms with Crippen molar-refractivity contribution in [2.75, 3.05) is 12.3 Å². The molecule has 2 unspecified atom stereocenters. The maximum Gasteiger partial charge on any atom is 0.251 e. The van der Waals surface area contributed by atoms with E-state index in [0.29, 0.717) is 17.8 Å². The first kappa shape index (κ1) is 15.3. The number of benzene rings is 1. The van der Waals surface area contributed by atoms with Crippen LogP contribution in [-0.2, 0) is 0 Å². The molecule has 20 heavy (non-hydrogen) atoms. The number of halogens is 1. The first-order chi connectivity index (χ1) is 9.49. The molecule has 0 spiro atoms. The van der Waals surface area contributed by atoms with E-state index in [1.165, 1.54) is 0 Å².